The molecule has 0 fully saturated rings. The summed E-state index contributed by atoms with van der Waals surface area (Å²) in [5, 5.41) is 1.05. The molecule has 0 amide bonds. The number of rotatable bonds is 5. The molecule has 0 aromatic heterocycles. The van der Waals surface area contributed by atoms with Crippen molar-refractivity contribution in [3.05, 3.63) is 36.7 Å². The van der Waals surface area contributed by atoms with Crippen molar-refractivity contribution in [2.75, 3.05) is 0 Å². The summed E-state index contributed by atoms with van der Waals surface area (Å²) in [4.78, 5) is 0. The number of hydrogen-bond acceptors (Lipinski definition) is 1. The zero-order valence-electron chi connectivity index (χ0n) is 9.18. The van der Waals surface area contributed by atoms with Gasteiger partial charge in [0, 0.05) is 0 Å². The number of hydrogen-bond donors (Lipinski definition) is 0. The van der Waals surface area contributed by atoms with E-state index in [2.05, 4.69) is 45.9 Å². The third-order valence-electron chi connectivity index (χ3n) is 2.03. The van der Waals surface area contributed by atoms with Gasteiger partial charge in [0.15, 0.2) is 8.32 Å². The first-order chi connectivity index (χ1) is 5.75. The lowest BCUT2D eigenvalue weighted by atomic mass is 10.6. The fraction of sp³-hybridized carbons (Fsp3) is 0.400. The molecule has 0 atom stereocenters. The van der Waals surface area contributed by atoms with Gasteiger partial charge in [-0.3, -0.25) is 0 Å². The van der Waals surface area contributed by atoms with E-state index in [9.17, 15) is 0 Å². The van der Waals surface area contributed by atoms with Gasteiger partial charge in [0.25, 0.3) is 0 Å². The van der Waals surface area contributed by atoms with Crippen LogP contribution in [0.5, 0.6) is 0 Å². The van der Waals surface area contributed by atoms with Crippen molar-refractivity contribution in [2.45, 2.75) is 26.2 Å². The maximum Gasteiger partial charge on any atom is 0.205 e. The van der Waals surface area contributed by atoms with E-state index in [1.54, 1.807) is 6.08 Å². The molecule has 0 aliphatic heterocycles. The fourth-order valence-corrected chi connectivity index (χ4v) is 7.62. The average molecular weight is 212 g/mol. The van der Waals surface area contributed by atoms with Crippen LogP contribution in [-0.2, 0) is 4.12 Å². The van der Waals surface area contributed by atoms with E-state index < -0.39 is 16.6 Å². The van der Waals surface area contributed by atoms with Crippen molar-refractivity contribution in [1.82, 2.24) is 0 Å². The first kappa shape index (κ1) is 12.6. The number of allylic oxidation sites excluding steroid dienone is 2. The summed E-state index contributed by atoms with van der Waals surface area (Å²) in [7, 11) is -3.46. The molecule has 1 nitrogen and oxygen atoms in total. The minimum Gasteiger partial charge on any atom is -0.449 e. The third kappa shape index (κ3) is 3.89. The SMILES string of the molecule is C=CC(=C)[Si](C)(C)O[Si](C)(C)C=C. The first-order valence-electron chi connectivity index (χ1n) is 4.41. The second-order valence-corrected chi connectivity index (χ2v) is 12.2. The van der Waals surface area contributed by atoms with Gasteiger partial charge in [-0.05, 0) is 31.4 Å². The van der Waals surface area contributed by atoms with E-state index in [1.807, 2.05) is 5.70 Å². The van der Waals surface area contributed by atoms with Crippen LogP contribution in [0.25, 0.3) is 0 Å². The van der Waals surface area contributed by atoms with Gasteiger partial charge in [0.2, 0.25) is 8.32 Å². The van der Waals surface area contributed by atoms with E-state index in [4.69, 9.17) is 4.12 Å². The maximum atomic E-state index is 6.12. The van der Waals surface area contributed by atoms with Crippen LogP contribution in [0.15, 0.2) is 36.7 Å². The van der Waals surface area contributed by atoms with Gasteiger partial charge in [-0.1, -0.05) is 24.9 Å². The monoisotopic (exact) mass is 212 g/mol. The summed E-state index contributed by atoms with van der Waals surface area (Å²) in [5.41, 5.74) is 1.96. The molecule has 0 aliphatic carbocycles. The quantitative estimate of drug-likeness (QED) is 0.501. The van der Waals surface area contributed by atoms with Crippen LogP contribution >= 0.6 is 0 Å². The van der Waals surface area contributed by atoms with Gasteiger partial charge in [-0.25, -0.2) is 0 Å². The van der Waals surface area contributed by atoms with Crippen LogP contribution in [0.2, 0.25) is 26.2 Å². The second kappa shape index (κ2) is 4.22. The van der Waals surface area contributed by atoms with Gasteiger partial charge in [-0.15, -0.1) is 6.58 Å². The minimum absolute atomic E-state index is 1.05. The molecule has 74 valence electrons. The van der Waals surface area contributed by atoms with Crippen LogP contribution in [-0.4, -0.2) is 16.6 Å². The summed E-state index contributed by atoms with van der Waals surface area (Å²) in [6.45, 7) is 20.1. The average Bonchev–Trinajstić information content (AvgIpc) is 2.01. The predicted octanol–water partition coefficient (Wildman–Crippen LogP) is 3.42. The lowest BCUT2D eigenvalue weighted by molar-refractivity contribution is 0.568. The molecule has 0 aromatic carbocycles. The fourth-order valence-electron chi connectivity index (χ4n) is 1.01. The van der Waals surface area contributed by atoms with Gasteiger partial charge in [0.05, 0.1) is 0 Å². The highest BCUT2D eigenvalue weighted by Crippen LogP contribution is 2.21. The van der Waals surface area contributed by atoms with E-state index in [-0.39, 0.29) is 0 Å². The molecular formula is C10H20OSi2. The third-order valence-corrected chi connectivity index (χ3v) is 8.91. The molecule has 0 aromatic rings. The summed E-state index contributed by atoms with van der Waals surface area (Å²) in [5.74, 6) is 0. The standard InChI is InChI=1S/C10H20OSi2/c1-8-10(3)13(6,7)11-12(4,5)9-2/h8-9H,1-3H2,4-7H3. The Bertz CT molecular complexity index is 229. The lowest BCUT2D eigenvalue weighted by Crippen LogP contribution is -2.44. The molecule has 0 spiro atoms. The van der Waals surface area contributed by atoms with E-state index in [1.165, 1.54) is 0 Å². The summed E-state index contributed by atoms with van der Waals surface area (Å²) in [6, 6.07) is 0. The predicted molar refractivity (Wildman–Crippen MR) is 65.6 cm³/mol. The summed E-state index contributed by atoms with van der Waals surface area (Å²) < 4.78 is 6.12. The zero-order chi connectivity index (χ0) is 10.7. The van der Waals surface area contributed by atoms with E-state index in [0.717, 1.165) is 5.20 Å². The Hall–Kier alpha value is -0.386. The molecule has 0 saturated heterocycles. The van der Waals surface area contributed by atoms with Gasteiger partial charge in [0.1, 0.15) is 0 Å². The van der Waals surface area contributed by atoms with Crippen LogP contribution < -0.4 is 0 Å². The Labute approximate surface area is 84.1 Å². The van der Waals surface area contributed by atoms with Crippen LogP contribution in [0.4, 0.5) is 0 Å². The molecule has 0 rings (SSSR count). The molecule has 0 unspecified atom stereocenters. The molecule has 13 heavy (non-hydrogen) atoms. The minimum atomic E-state index is -1.79. The summed E-state index contributed by atoms with van der Waals surface area (Å²) >= 11 is 0. The van der Waals surface area contributed by atoms with Gasteiger partial charge >= 0.3 is 0 Å². The normalized spacial score (nSPS) is 12.3. The lowest BCUT2D eigenvalue weighted by Gasteiger charge is -2.32. The molecule has 0 radical (unpaired) electrons. The highest BCUT2D eigenvalue weighted by atomic mass is 28.4. The maximum absolute atomic E-state index is 6.12. The molecule has 0 bridgehead atoms. The molecule has 0 N–H and O–H groups in total. The molecule has 3 heteroatoms. The highest BCUT2D eigenvalue weighted by molar-refractivity contribution is 6.90. The largest absolute Gasteiger partial charge is 0.449 e. The first-order valence-corrected chi connectivity index (χ1v) is 10.3. The molecule has 0 heterocycles. The summed E-state index contributed by atoms with van der Waals surface area (Å²) in [6.07, 6.45) is 1.81. The van der Waals surface area contributed by atoms with Crippen LogP contribution in [0.3, 0.4) is 0 Å². The molecule has 0 saturated carbocycles. The van der Waals surface area contributed by atoms with Crippen molar-refractivity contribution in [3.63, 3.8) is 0 Å². The highest BCUT2D eigenvalue weighted by Gasteiger charge is 2.32. The van der Waals surface area contributed by atoms with Gasteiger partial charge in [-0.2, -0.15) is 0 Å². The molecule has 0 aliphatic rings. The second-order valence-electron chi connectivity index (χ2n) is 4.15. The van der Waals surface area contributed by atoms with Crippen LogP contribution in [0, 0.1) is 0 Å². The van der Waals surface area contributed by atoms with Crippen molar-refractivity contribution < 1.29 is 4.12 Å². The topological polar surface area (TPSA) is 9.23 Å². The van der Waals surface area contributed by atoms with E-state index in [0.29, 0.717) is 0 Å². The Morgan fingerprint density at radius 3 is 1.92 bits per heavy atom. The van der Waals surface area contributed by atoms with Crippen molar-refractivity contribution in [2.24, 2.45) is 0 Å². The van der Waals surface area contributed by atoms with Gasteiger partial charge < -0.3 is 4.12 Å². The Kier molecular flexibility index (Phi) is 4.09. The zero-order valence-corrected chi connectivity index (χ0v) is 11.2. The van der Waals surface area contributed by atoms with Crippen molar-refractivity contribution >= 4 is 16.6 Å². The van der Waals surface area contributed by atoms with E-state index >= 15 is 0 Å². The Morgan fingerprint density at radius 2 is 1.62 bits per heavy atom. The Morgan fingerprint density at radius 1 is 1.15 bits per heavy atom. The smallest absolute Gasteiger partial charge is 0.205 e. The van der Waals surface area contributed by atoms with Crippen molar-refractivity contribution in [3.8, 4) is 0 Å². The van der Waals surface area contributed by atoms with Crippen LogP contribution in [0.1, 0.15) is 0 Å². The Balaban J connectivity index is 4.59. The van der Waals surface area contributed by atoms with Crippen molar-refractivity contribution in [1.29, 1.82) is 0 Å². The molecular weight excluding hydrogens is 192 g/mol.